The number of thioether (sulfide) groups is 1. The van der Waals surface area contributed by atoms with Crippen LogP contribution in [0.25, 0.3) is 27.6 Å². The van der Waals surface area contributed by atoms with E-state index in [1.54, 1.807) is 43.0 Å². The van der Waals surface area contributed by atoms with Crippen molar-refractivity contribution in [3.63, 3.8) is 0 Å². The number of aromatic nitrogens is 4. The van der Waals surface area contributed by atoms with E-state index in [9.17, 15) is 9.59 Å². The third kappa shape index (κ3) is 3.74. The van der Waals surface area contributed by atoms with E-state index < -0.39 is 0 Å². The molecule has 0 bridgehead atoms. The van der Waals surface area contributed by atoms with Gasteiger partial charge in [0.05, 0.1) is 18.6 Å². The summed E-state index contributed by atoms with van der Waals surface area (Å²) in [5.41, 5.74) is 2.22. The number of carbonyl (C=O) groups excluding carboxylic acids is 1. The Kier molecular flexibility index (Phi) is 5.38. The highest BCUT2D eigenvalue weighted by Gasteiger charge is 2.18. The lowest BCUT2D eigenvalue weighted by atomic mass is 10.2. The van der Waals surface area contributed by atoms with E-state index in [0.29, 0.717) is 32.8 Å². The van der Waals surface area contributed by atoms with Gasteiger partial charge in [-0.05, 0) is 30.3 Å². The van der Waals surface area contributed by atoms with Gasteiger partial charge in [0, 0.05) is 22.5 Å². The average molecular weight is 464 g/mol. The van der Waals surface area contributed by atoms with Gasteiger partial charge in [-0.15, -0.1) is 11.3 Å². The third-order valence-corrected chi connectivity index (χ3v) is 6.46. The molecule has 0 spiro atoms. The SMILES string of the molecule is COc1ccc(-n2c(SCC(=O)Nc3nccs3)nc3c([nH]c4ccccc43)c2=O)cc1. The number of carbonyl (C=O) groups is 1. The Morgan fingerprint density at radius 3 is 2.78 bits per heavy atom. The lowest BCUT2D eigenvalue weighted by Crippen LogP contribution is -2.23. The van der Waals surface area contributed by atoms with Crippen LogP contribution in [0.3, 0.4) is 0 Å². The first-order valence-electron chi connectivity index (χ1n) is 9.64. The first-order chi connectivity index (χ1) is 15.6. The summed E-state index contributed by atoms with van der Waals surface area (Å²) in [6, 6.07) is 14.8. The second-order valence-corrected chi connectivity index (χ2v) is 8.64. The maximum Gasteiger partial charge on any atom is 0.283 e. The largest absolute Gasteiger partial charge is 0.497 e. The standard InChI is InChI=1S/C22H17N5O3S2/c1-30-14-8-6-13(7-9-14)27-20(29)19-18(15-4-2-3-5-16(15)24-19)26-22(27)32-12-17(28)25-21-23-10-11-31-21/h2-11,24H,12H2,1H3,(H,23,25,28). The first-order valence-corrected chi connectivity index (χ1v) is 11.5. The molecule has 3 heterocycles. The molecule has 0 aliphatic carbocycles. The zero-order valence-corrected chi connectivity index (χ0v) is 18.5. The van der Waals surface area contributed by atoms with Crippen molar-refractivity contribution in [2.75, 3.05) is 18.2 Å². The summed E-state index contributed by atoms with van der Waals surface area (Å²) >= 11 is 2.54. The van der Waals surface area contributed by atoms with E-state index in [1.807, 2.05) is 24.3 Å². The Morgan fingerprint density at radius 1 is 1.22 bits per heavy atom. The van der Waals surface area contributed by atoms with Crippen LogP contribution in [0.2, 0.25) is 0 Å². The molecule has 0 aliphatic heterocycles. The first kappa shape index (κ1) is 20.3. The van der Waals surface area contributed by atoms with Gasteiger partial charge in [-0.2, -0.15) is 0 Å². The van der Waals surface area contributed by atoms with Gasteiger partial charge in [-0.25, -0.2) is 9.97 Å². The van der Waals surface area contributed by atoms with Gasteiger partial charge in [-0.1, -0.05) is 30.0 Å². The van der Waals surface area contributed by atoms with Crippen LogP contribution in [0.4, 0.5) is 5.13 Å². The zero-order chi connectivity index (χ0) is 22.1. The molecule has 5 rings (SSSR count). The molecule has 8 nitrogen and oxygen atoms in total. The number of ether oxygens (including phenoxy) is 1. The molecule has 0 unspecified atom stereocenters. The van der Waals surface area contributed by atoms with Crippen molar-refractivity contribution in [2.24, 2.45) is 0 Å². The van der Waals surface area contributed by atoms with Gasteiger partial charge in [-0.3, -0.25) is 14.2 Å². The molecule has 32 heavy (non-hydrogen) atoms. The monoisotopic (exact) mass is 463 g/mol. The Labute approximate surface area is 190 Å². The molecular weight excluding hydrogens is 446 g/mol. The van der Waals surface area contributed by atoms with Crippen molar-refractivity contribution in [3.05, 3.63) is 70.5 Å². The van der Waals surface area contributed by atoms with Gasteiger partial charge in [0.1, 0.15) is 16.8 Å². The van der Waals surface area contributed by atoms with E-state index in [4.69, 9.17) is 9.72 Å². The maximum absolute atomic E-state index is 13.5. The van der Waals surface area contributed by atoms with Gasteiger partial charge in [0.2, 0.25) is 5.91 Å². The fourth-order valence-electron chi connectivity index (χ4n) is 3.37. The van der Waals surface area contributed by atoms with Crippen molar-refractivity contribution in [3.8, 4) is 11.4 Å². The summed E-state index contributed by atoms with van der Waals surface area (Å²) in [6.07, 6.45) is 1.63. The topological polar surface area (TPSA) is 102 Å². The summed E-state index contributed by atoms with van der Waals surface area (Å²) in [7, 11) is 1.58. The van der Waals surface area contributed by atoms with Gasteiger partial charge < -0.3 is 15.0 Å². The van der Waals surface area contributed by atoms with Crippen molar-refractivity contribution >= 4 is 56.1 Å². The van der Waals surface area contributed by atoms with Crippen molar-refractivity contribution in [1.29, 1.82) is 0 Å². The smallest absolute Gasteiger partial charge is 0.283 e. The molecule has 0 radical (unpaired) electrons. The minimum atomic E-state index is -0.237. The number of nitrogens with zero attached hydrogens (tertiary/aromatic N) is 3. The lowest BCUT2D eigenvalue weighted by Gasteiger charge is -2.12. The predicted octanol–water partition coefficient (Wildman–Crippen LogP) is 4.06. The minimum Gasteiger partial charge on any atom is -0.497 e. The molecule has 3 aromatic heterocycles. The third-order valence-electron chi connectivity index (χ3n) is 4.84. The highest BCUT2D eigenvalue weighted by Crippen LogP contribution is 2.27. The summed E-state index contributed by atoms with van der Waals surface area (Å²) in [5.74, 6) is 0.536. The molecule has 2 N–H and O–H groups in total. The quantitative estimate of drug-likeness (QED) is 0.291. The molecule has 0 saturated carbocycles. The summed E-state index contributed by atoms with van der Waals surface area (Å²) in [5, 5.41) is 6.35. The van der Waals surface area contributed by atoms with Gasteiger partial charge in [0.15, 0.2) is 10.3 Å². The van der Waals surface area contributed by atoms with Crippen molar-refractivity contribution < 1.29 is 9.53 Å². The Bertz CT molecular complexity index is 1470. The summed E-state index contributed by atoms with van der Waals surface area (Å²) in [6.45, 7) is 0. The Balaban J connectivity index is 1.60. The second kappa shape index (κ2) is 8.48. The van der Waals surface area contributed by atoms with Crippen molar-refractivity contribution in [2.45, 2.75) is 5.16 Å². The van der Waals surface area contributed by atoms with Crippen LogP contribution < -0.4 is 15.6 Å². The number of hydrogen-bond acceptors (Lipinski definition) is 7. The number of amides is 1. The molecular formula is C22H17N5O3S2. The van der Waals surface area contributed by atoms with Gasteiger partial charge in [0.25, 0.3) is 5.56 Å². The number of thiazole rings is 1. The van der Waals surface area contributed by atoms with E-state index in [-0.39, 0.29) is 17.2 Å². The minimum absolute atomic E-state index is 0.0794. The molecule has 2 aromatic carbocycles. The number of anilines is 1. The number of hydrogen-bond donors (Lipinski definition) is 2. The van der Waals surface area contributed by atoms with E-state index in [2.05, 4.69) is 15.3 Å². The molecule has 160 valence electrons. The molecule has 0 fully saturated rings. The molecule has 0 aliphatic rings. The van der Waals surface area contributed by atoms with Crippen LogP contribution >= 0.6 is 23.1 Å². The van der Waals surface area contributed by atoms with Crippen LogP contribution in [0.15, 0.2) is 70.1 Å². The Morgan fingerprint density at radius 2 is 2.03 bits per heavy atom. The molecule has 5 aromatic rings. The molecule has 0 saturated heterocycles. The van der Waals surface area contributed by atoms with E-state index in [1.165, 1.54) is 27.7 Å². The lowest BCUT2D eigenvalue weighted by molar-refractivity contribution is -0.113. The number of rotatable bonds is 6. The van der Waals surface area contributed by atoms with Gasteiger partial charge >= 0.3 is 0 Å². The average Bonchev–Trinajstić information content (AvgIpc) is 3.46. The highest BCUT2D eigenvalue weighted by atomic mass is 32.2. The number of nitrogens with one attached hydrogen (secondary N) is 2. The number of H-pyrrole nitrogens is 1. The predicted molar refractivity (Wildman–Crippen MR) is 127 cm³/mol. The van der Waals surface area contributed by atoms with E-state index in [0.717, 1.165) is 10.9 Å². The number of benzene rings is 2. The number of methoxy groups -OCH3 is 1. The molecule has 1 amide bonds. The molecule has 10 heteroatoms. The number of fused-ring (bicyclic) bond motifs is 3. The van der Waals surface area contributed by atoms with Crippen LogP contribution in [-0.2, 0) is 4.79 Å². The summed E-state index contributed by atoms with van der Waals surface area (Å²) in [4.78, 5) is 38.0. The highest BCUT2D eigenvalue weighted by molar-refractivity contribution is 7.99. The van der Waals surface area contributed by atoms with Crippen LogP contribution in [0.5, 0.6) is 5.75 Å². The number of aromatic amines is 1. The fourth-order valence-corrected chi connectivity index (χ4v) is 4.72. The zero-order valence-electron chi connectivity index (χ0n) is 16.9. The van der Waals surface area contributed by atoms with Crippen LogP contribution in [0.1, 0.15) is 0 Å². The van der Waals surface area contributed by atoms with Crippen LogP contribution in [0, 0.1) is 0 Å². The normalized spacial score (nSPS) is 11.2. The van der Waals surface area contributed by atoms with Crippen LogP contribution in [-0.4, -0.2) is 38.3 Å². The van der Waals surface area contributed by atoms with E-state index >= 15 is 0 Å². The maximum atomic E-state index is 13.5. The number of para-hydroxylation sites is 1. The molecule has 0 atom stereocenters. The Hall–Kier alpha value is -3.63. The summed E-state index contributed by atoms with van der Waals surface area (Å²) < 4.78 is 6.74. The fraction of sp³-hybridized carbons (Fsp3) is 0.0909. The second-order valence-electron chi connectivity index (χ2n) is 6.80. The van der Waals surface area contributed by atoms with Crippen molar-refractivity contribution in [1.82, 2.24) is 19.5 Å².